The zero-order valence-electron chi connectivity index (χ0n) is 9.84. The number of fused-ring (bicyclic) bond motifs is 1. The Morgan fingerprint density at radius 3 is 3.00 bits per heavy atom. The van der Waals surface area contributed by atoms with E-state index in [-0.39, 0.29) is 12.4 Å². The molecule has 0 bridgehead atoms. The fourth-order valence-corrected chi connectivity index (χ4v) is 2.54. The van der Waals surface area contributed by atoms with Gasteiger partial charge in [0.25, 0.3) is 0 Å². The molecule has 0 radical (unpaired) electrons. The average Bonchev–Trinajstić information content (AvgIpc) is 2.90. The lowest BCUT2D eigenvalue weighted by Gasteiger charge is -2.14. The molecule has 0 aromatic carbocycles. The van der Waals surface area contributed by atoms with Crippen LogP contribution in [0.3, 0.4) is 0 Å². The van der Waals surface area contributed by atoms with Gasteiger partial charge >= 0.3 is 0 Å². The summed E-state index contributed by atoms with van der Waals surface area (Å²) in [5, 5.41) is 19.3. The Balaban J connectivity index is 2.06. The van der Waals surface area contributed by atoms with Crippen molar-refractivity contribution in [2.24, 2.45) is 0 Å². The van der Waals surface area contributed by atoms with Crippen molar-refractivity contribution in [3.63, 3.8) is 0 Å². The van der Waals surface area contributed by atoms with Crippen molar-refractivity contribution < 1.29 is 14.9 Å². The van der Waals surface area contributed by atoms with Crippen LogP contribution in [-0.2, 0) is 4.74 Å². The predicted molar refractivity (Wildman–Crippen MR) is 68.6 cm³/mol. The second kappa shape index (κ2) is 4.60. The summed E-state index contributed by atoms with van der Waals surface area (Å²) in [5.74, 6) is 0.260. The second-order valence-electron chi connectivity index (χ2n) is 4.33. The molecule has 19 heavy (non-hydrogen) atoms. The van der Waals surface area contributed by atoms with E-state index in [9.17, 15) is 5.11 Å². The largest absolute Gasteiger partial charge is 0.394 e. The maximum Gasteiger partial charge on any atom is 0.169 e. The number of imidazole rings is 1. The minimum atomic E-state index is -0.737. The van der Waals surface area contributed by atoms with Crippen LogP contribution in [0.2, 0.25) is 0 Å². The normalized spacial score (nSPS) is 27.2. The van der Waals surface area contributed by atoms with Crippen molar-refractivity contribution in [3.05, 3.63) is 6.33 Å². The van der Waals surface area contributed by atoms with Gasteiger partial charge in [-0.2, -0.15) is 0 Å². The lowest BCUT2D eigenvalue weighted by molar-refractivity contribution is -0.0457. The Morgan fingerprint density at radius 2 is 2.32 bits per heavy atom. The molecule has 4 N–H and O–H groups in total. The number of rotatable bonds is 2. The van der Waals surface area contributed by atoms with E-state index in [0.717, 1.165) is 0 Å². The summed E-state index contributed by atoms with van der Waals surface area (Å²) in [6, 6.07) is 0. The topological polar surface area (TPSA) is 119 Å². The molecule has 2 aromatic rings. The van der Waals surface area contributed by atoms with Gasteiger partial charge in [-0.05, 0) is 0 Å². The van der Waals surface area contributed by atoms with Gasteiger partial charge in [0.15, 0.2) is 22.1 Å². The number of aliphatic hydroxyl groups is 2. The van der Waals surface area contributed by atoms with Crippen molar-refractivity contribution in [2.45, 2.75) is 30.0 Å². The first kappa shape index (κ1) is 12.6. The first-order chi connectivity index (χ1) is 9.11. The molecule has 102 valence electrons. The molecule has 1 saturated heterocycles. The molecular formula is C10H13N5O3S. The van der Waals surface area contributed by atoms with Crippen LogP contribution in [0.15, 0.2) is 11.5 Å². The number of hydrogen-bond donors (Lipinski definition) is 4. The van der Waals surface area contributed by atoms with Crippen LogP contribution in [-0.4, -0.2) is 48.5 Å². The fraction of sp³-hybridized carbons (Fsp3) is 0.500. The summed E-state index contributed by atoms with van der Waals surface area (Å²) in [5.41, 5.74) is 6.66. The summed E-state index contributed by atoms with van der Waals surface area (Å²) >= 11 is 4.27. The molecule has 9 heteroatoms. The Hall–Kier alpha value is -1.42. The standard InChI is InChI=1S/C10H13N5O3S/c11-8-7-9(13-3-12-8)15(10(19)14-7)6-1-4(17)5(2-16)18-6/h3-6,16-17H,1-2H2,(H,14,19)(H2,11,12,13)/t4-,5+,6+/m0/s1. The van der Waals surface area contributed by atoms with Gasteiger partial charge in [0.2, 0.25) is 0 Å². The van der Waals surface area contributed by atoms with Gasteiger partial charge in [-0.25, -0.2) is 15.0 Å². The van der Waals surface area contributed by atoms with E-state index < -0.39 is 18.4 Å². The Labute approximate surface area is 113 Å². The van der Waals surface area contributed by atoms with Gasteiger partial charge in [0.05, 0.1) is 12.7 Å². The monoisotopic (exact) mass is 283 g/mol. The Morgan fingerprint density at radius 1 is 1.53 bits per heavy atom. The molecule has 0 unspecified atom stereocenters. The summed E-state index contributed by atoms with van der Waals surface area (Å²) in [6.45, 7) is -0.247. The first-order valence-electron chi connectivity index (χ1n) is 5.73. The first-order valence-corrected chi connectivity index (χ1v) is 6.18. The van der Waals surface area contributed by atoms with Crippen molar-refractivity contribution in [2.75, 3.05) is 12.3 Å². The molecule has 8 nitrogen and oxygen atoms in total. The number of nitrogens with zero attached hydrogens (tertiary/aromatic N) is 4. The van der Waals surface area contributed by atoms with E-state index in [0.29, 0.717) is 22.7 Å². The lowest BCUT2D eigenvalue weighted by Crippen LogP contribution is -2.24. The van der Waals surface area contributed by atoms with Gasteiger partial charge in [0, 0.05) is 6.42 Å². The highest BCUT2D eigenvalue weighted by molar-refractivity contribution is 7.80. The van der Waals surface area contributed by atoms with Crippen LogP contribution >= 0.6 is 12.6 Å². The number of nitrogens with two attached hydrogens (primary N) is 1. The summed E-state index contributed by atoms with van der Waals surface area (Å²) in [6.07, 6.45) is -0.181. The van der Waals surface area contributed by atoms with Crippen LogP contribution in [0.25, 0.3) is 11.2 Å². The van der Waals surface area contributed by atoms with E-state index >= 15 is 0 Å². The second-order valence-corrected chi connectivity index (χ2v) is 4.73. The number of aliphatic hydroxyl groups excluding tert-OH is 2. The Kier molecular flexibility index (Phi) is 3.05. The van der Waals surface area contributed by atoms with Gasteiger partial charge < -0.3 is 20.7 Å². The van der Waals surface area contributed by atoms with Gasteiger partial charge in [-0.1, -0.05) is 0 Å². The summed E-state index contributed by atoms with van der Waals surface area (Å²) < 4.78 is 7.20. The maximum atomic E-state index is 9.77. The molecule has 3 atom stereocenters. The molecule has 3 rings (SSSR count). The number of nitrogen functional groups attached to an aromatic ring is 1. The molecule has 2 aromatic heterocycles. The quantitative estimate of drug-likeness (QED) is 0.540. The van der Waals surface area contributed by atoms with Crippen molar-refractivity contribution in [1.29, 1.82) is 0 Å². The summed E-state index contributed by atoms with van der Waals surface area (Å²) in [4.78, 5) is 12.2. The van der Waals surface area contributed by atoms with Crippen LogP contribution in [0.1, 0.15) is 12.6 Å². The van der Waals surface area contributed by atoms with Crippen molar-refractivity contribution in [1.82, 2.24) is 19.5 Å². The van der Waals surface area contributed by atoms with Gasteiger partial charge in [0.1, 0.15) is 18.7 Å². The van der Waals surface area contributed by atoms with Crippen LogP contribution < -0.4 is 5.73 Å². The molecule has 0 spiro atoms. The predicted octanol–water partition coefficient (Wildman–Crippen LogP) is -0.662. The Bertz CT molecular complexity index is 618. The molecule has 0 aliphatic carbocycles. The van der Waals surface area contributed by atoms with Crippen LogP contribution in [0.5, 0.6) is 0 Å². The smallest absolute Gasteiger partial charge is 0.169 e. The van der Waals surface area contributed by atoms with E-state index in [4.69, 9.17) is 15.6 Å². The molecule has 1 aliphatic rings. The van der Waals surface area contributed by atoms with E-state index in [2.05, 4.69) is 27.6 Å². The van der Waals surface area contributed by atoms with Crippen LogP contribution in [0.4, 0.5) is 5.82 Å². The summed E-state index contributed by atoms with van der Waals surface area (Å²) in [7, 11) is 0. The number of anilines is 1. The number of thiol groups is 1. The van der Waals surface area contributed by atoms with E-state index in [1.54, 1.807) is 4.57 Å². The zero-order chi connectivity index (χ0) is 13.6. The molecule has 0 amide bonds. The van der Waals surface area contributed by atoms with E-state index in [1.807, 2.05) is 0 Å². The van der Waals surface area contributed by atoms with E-state index in [1.165, 1.54) is 6.33 Å². The SMILES string of the molecule is Nc1ncnc2c1nc(S)n2[C@H]1C[C@H](O)[C@@H](CO)O1. The van der Waals surface area contributed by atoms with Crippen molar-refractivity contribution in [3.8, 4) is 0 Å². The highest BCUT2D eigenvalue weighted by Gasteiger charge is 2.36. The molecule has 1 fully saturated rings. The minimum absolute atomic E-state index is 0.247. The molecule has 3 heterocycles. The maximum absolute atomic E-state index is 9.77. The zero-order valence-corrected chi connectivity index (χ0v) is 10.7. The van der Waals surface area contributed by atoms with Crippen LogP contribution in [0, 0.1) is 0 Å². The third-order valence-corrected chi connectivity index (χ3v) is 3.47. The number of hydrogen-bond acceptors (Lipinski definition) is 8. The third kappa shape index (κ3) is 1.94. The lowest BCUT2D eigenvalue weighted by atomic mass is 10.2. The van der Waals surface area contributed by atoms with Gasteiger partial charge in [-0.15, -0.1) is 12.6 Å². The molecular weight excluding hydrogens is 270 g/mol. The highest BCUT2D eigenvalue weighted by atomic mass is 32.1. The van der Waals surface area contributed by atoms with Gasteiger partial charge in [-0.3, -0.25) is 4.57 Å². The third-order valence-electron chi connectivity index (χ3n) is 3.16. The minimum Gasteiger partial charge on any atom is -0.394 e. The molecule has 0 saturated carbocycles. The number of ether oxygens (including phenoxy) is 1. The van der Waals surface area contributed by atoms with Crippen molar-refractivity contribution >= 4 is 29.6 Å². The average molecular weight is 283 g/mol. The highest BCUT2D eigenvalue weighted by Crippen LogP contribution is 2.33. The molecule has 1 aliphatic heterocycles. The number of aromatic nitrogens is 4. The fourth-order valence-electron chi connectivity index (χ4n) is 2.22.